The molecule has 0 saturated heterocycles. The van der Waals surface area contributed by atoms with Crippen LogP contribution >= 0.6 is 0 Å². The van der Waals surface area contributed by atoms with Crippen molar-refractivity contribution in [1.29, 1.82) is 0 Å². The van der Waals surface area contributed by atoms with Gasteiger partial charge in [0, 0.05) is 12.7 Å². The van der Waals surface area contributed by atoms with E-state index in [0.717, 1.165) is 24.4 Å². The van der Waals surface area contributed by atoms with Gasteiger partial charge in [-0.2, -0.15) is 0 Å². The molecule has 0 fully saturated rings. The van der Waals surface area contributed by atoms with Crippen LogP contribution in [0.2, 0.25) is 0 Å². The Morgan fingerprint density at radius 1 is 1.40 bits per heavy atom. The number of nitrogens with zero attached hydrogens (tertiary/aromatic N) is 1. The van der Waals surface area contributed by atoms with E-state index in [9.17, 15) is 4.48 Å². The Balaban J connectivity index is 0.000000371. The molecular formula is C7H15FN2. The van der Waals surface area contributed by atoms with Crippen molar-refractivity contribution in [2.75, 3.05) is 13.6 Å². The summed E-state index contributed by atoms with van der Waals surface area (Å²) in [4.78, 5) is 0. The fourth-order valence-corrected chi connectivity index (χ4v) is 0.788. The van der Waals surface area contributed by atoms with Crippen LogP contribution in [-0.2, 0) is 0 Å². The first-order valence-electron chi connectivity index (χ1n) is 3.56. The molecule has 2 N–H and O–H groups in total. The van der Waals surface area contributed by atoms with Crippen LogP contribution in [0.25, 0.3) is 0 Å². The summed E-state index contributed by atoms with van der Waals surface area (Å²) in [5, 5.41) is 0.743. The lowest BCUT2D eigenvalue weighted by molar-refractivity contribution is 0.0901. The summed E-state index contributed by atoms with van der Waals surface area (Å²) < 4.78 is 12.2. The predicted molar refractivity (Wildman–Crippen MR) is 40.9 cm³/mol. The number of allylic oxidation sites excluding steroid dienone is 1. The summed E-state index contributed by atoms with van der Waals surface area (Å²) in [5.74, 6) is 0. The second kappa shape index (κ2) is 6.55. The maximum Gasteiger partial charge on any atom is 0.0498 e. The molecule has 1 rings (SSSR count). The average Bonchev–Trinajstić information content (AvgIpc) is 2.21. The quantitative estimate of drug-likeness (QED) is 0.524. The second-order valence-corrected chi connectivity index (χ2v) is 2.00. The minimum atomic E-state index is 0.566. The number of rotatable bonds is 0. The average molecular weight is 146 g/mol. The van der Waals surface area contributed by atoms with E-state index in [-0.39, 0.29) is 0 Å². The zero-order chi connectivity index (χ0) is 7.82. The van der Waals surface area contributed by atoms with Gasteiger partial charge < -0.3 is 5.73 Å². The lowest BCUT2D eigenvalue weighted by Crippen LogP contribution is -2.04. The molecule has 10 heavy (non-hydrogen) atoms. The normalized spacial score (nSPS) is 17.3. The molecule has 0 aromatic carbocycles. The van der Waals surface area contributed by atoms with Gasteiger partial charge in [-0.15, -0.1) is 4.48 Å². The van der Waals surface area contributed by atoms with Crippen molar-refractivity contribution in [3.05, 3.63) is 12.3 Å². The number of hydrogen-bond donors (Lipinski definition) is 1. The fourth-order valence-electron chi connectivity index (χ4n) is 0.788. The third kappa shape index (κ3) is 4.32. The van der Waals surface area contributed by atoms with Crippen molar-refractivity contribution in [1.82, 2.24) is 5.12 Å². The van der Waals surface area contributed by atoms with Crippen molar-refractivity contribution in [3.63, 3.8) is 0 Å². The standard InChI is InChI=1S/C6H10FN.CH5N/c7-8-5-3-1-2-4-6-8;1-2/h3,5H,1-2,4,6H2;2H2,1H3. The van der Waals surface area contributed by atoms with E-state index >= 15 is 0 Å². The molecule has 0 amide bonds. The highest BCUT2D eigenvalue weighted by molar-refractivity contribution is 4.81. The van der Waals surface area contributed by atoms with Crippen LogP contribution in [0, 0.1) is 0 Å². The van der Waals surface area contributed by atoms with Crippen LogP contribution in [0.3, 0.4) is 0 Å². The van der Waals surface area contributed by atoms with Gasteiger partial charge in [0.25, 0.3) is 0 Å². The fraction of sp³-hybridized carbons (Fsp3) is 0.714. The largest absolute Gasteiger partial charge is 0.333 e. The van der Waals surface area contributed by atoms with Gasteiger partial charge in [0.05, 0.1) is 0 Å². The Labute approximate surface area is 61.4 Å². The van der Waals surface area contributed by atoms with Crippen LogP contribution in [0.4, 0.5) is 4.48 Å². The molecule has 1 aliphatic rings. The molecule has 3 heteroatoms. The lowest BCUT2D eigenvalue weighted by Gasteiger charge is -2.02. The van der Waals surface area contributed by atoms with E-state index in [1.165, 1.54) is 13.2 Å². The zero-order valence-electron chi connectivity index (χ0n) is 6.39. The van der Waals surface area contributed by atoms with Gasteiger partial charge in [-0.25, -0.2) is 5.12 Å². The van der Waals surface area contributed by atoms with E-state index in [4.69, 9.17) is 0 Å². The molecule has 0 aromatic rings. The van der Waals surface area contributed by atoms with Gasteiger partial charge in [-0.1, -0.05) is 6.08 Å². The molecule has 0 saturated carbocycles. The molecule has 2 nitrogen and oxygen atoms in total. The third-order valence-electron chi connectivity index (χ3n) is 1.26. The van der Waals surface area contributed by atoms with Gasteiger partial charge in [-0.05, 0) is 26.3 Å². The first-order chi connectivity index (χ1) is 4.89. The molecule has 1 aliphatic heterocycles. The Kier molecular flexibility index (Phi) is 6.18. The highest BCUT2D eigenvalue weighted by Crippen LogP contribution is 2.05. The topological polar surface area (TPSA) is 29.3 Å². The van der Waals surface area contributed by atoms with Crippen LogP contribution < -0.4 is 5.73 Å². The molecular weight excluding hydrogens is 131 g/mol. The third-order valence-corrected chi connectivity index (χ3v) is 1.26. The van der Waals surface area contributed by atoms with E-state index in [1.807, 2.05) is 6.08 Å². The lowest BCUT2D eigenvalue weighted by atomic mass is 10.2. The van der Waals surface area contributed by atoms with E-state index < -0.39 is 0 Å². The number of halogens is 1. The molecule has 0 aliphatic carbocycles. The van der Waals surface area contributed by atoms with E-state index in [2.05, 4.69) is 5.73 Å². The van der Waals surface area contributed by atoms with Crippen LogP contribution in [0.1, 0.15) is 19.3 Å². The molecule has 1 heterocycles. The summed E-state index contributed by atoms with van der Waals surface area (Å²) in [6, 6.07) is 0. The Bertz CT molecular complexity index is 93.6. The Morgan fingerprint density at radius 3 is 2.80 bits per heavy atom. The summed E-state index contributed by atoms with van der Waals surface area (Å²) in [6.45, 7) is 0.566. The highest BCUT2D eigenvalue weighted by Gasteiger charge is 1.97. The zero-order valence-corrected chi connectivity index (χ0v) is 6.39. The summed E-state index contributed by atoms with van der Waals surface area (Å²) >= 11 is 0. The molecule has 0 radical (unpaired) electrons. The van der Waals surface area contributed by atoms with Crippen LogP contribution in [0.5, 0.6) is 0 Å². The van der Waals surface area contributed by atoms with E-state index in [0.29, 0.717) is 6.54 Å². The van der Waals surface area contributed by atoms with E-state index in [1.54, 1.807) is 0 Å². The van der Waals surface area contributed by atoms with Crippen molar-refractivity contribution in [3.8, 4) is 0 Å². The molecule has 0 unspecified atom stereocenters. The Hall–Kier alpha value is -0.570. The minimum Gasteiger partial charge on any atom is -0.333 e. The number of hydrogen-bond acceptors (Lipinski definition) is 2. The van der Waals surface area contributed by atoms with Gasteiger partial charge >= 0.3 is 0 Å². The molecule has 0 aromatic heterocycles. The van der Waals surface area contributed by atoms with Crippen LogP contribution in [0.15, 0.2) is 12.3 Å². The maximum absolute atomic E-state index is 12.2. The van der Waals surface area contributed by atoms with Crippen molar-refractivity contribution >= 4 is 0 Å². The summed E-state index contributed by atoms with van der Waals surface area (Å²) in [6.07, 6.45) is 6.50. The van der Waals surface area contributed by atoms with Gasteiger partial charge in [0.2, 0.25) is 0 Å². The molecule has 60 valence electrons. The van der Waals surface area contributed by atoms with Crippen LogP contribution in [-0.4, -0.2) is 18.7 Å². The summed E-state index contributed by atoms with van der Waals surface area (Å²) in [7, 11) is 1.50. The summed E-state index contributed by atoms with van der Waals surface area (Å²) in [5.41, 5.74) is 4.50. The molecule has 0 bridgehead atoms. The maximum atomic E-state index is 12.2. The van der Waals surface area contributed by atoms with Crippen molar-refractivity contribution in [2.24, 2.45) is 5.73 Å². The van der Waals surface area contributed by atoms with Gasteiger partial charge in [0.1, 0.15) is 0 Å². The first kappa shape index (κ1) is 9.43. The number of nitrogens with two attached hydrogens (primary N) is 1. The van der Waals surface area contributed by atoms with Crippen molar-refractivity contribution in [2.45, 2.75) is 19.3 Å². The highest BCUT2D eigenvalue weighted by atomic mass is 19.2. The first-order valence-corrected chi connectivity index (χ1v) is 3.56. The van der Waals surface area contributed by atoms with Gasteiger partial charge in [-0.3, -0.25) is 0 Å². The molecule has 0 spiro atoms. The smallest absolute Gasteiger partial charge is 0.0498 e. The minimum absolute atomic E-state index is 0.566. The molecule has 0 atom stereocenters. The second-order valence-electron chi connectivity index (χ2n) is 2.00. The van der Waals surface area contributed by atoms with Crippen molar-refractivity contribution < 1.29 is 4.48 Å². The predicted octanol–water partition coefficient (Wildman–Crippen LogP) is 1.45. The van der Waals surface area contributed by atoms with Gasteiger partial charge in [0.15, 0.2) is 0 Å². The SMILES string of the molecule is CN.FN1C=CCCCC1. The Morgan fingerprint density at radius 2 is 2.10 bits per heavy atom. The monoisotopic (exact) mass is 146 g/mol.